The van der Waals surface area contributed by atoms with E-state index in [9.17, 15) is 0 Å². The summed E-state index contributed by atoms with van der Waals surface area (Å²) in [4.78, 5) is 4.27. The van der Waals surface area contributed by atoms with E-state index in [2.05, 4.69) is 44.1 Å². The minimum absolute atomic E-state index is 0.414. The van der Waals surface area contributed by atoms with Gasteiger partial charge in [-0.2, -0.15) is 0 Å². The van der Waals surface area contributed by atoms with Crippen LogP contribution in [0.4, 0.5) is 0 Å². The molecule has 0 saturated heterocycles. The molecule has 0 atom stereocenters. The molecular formula is C13H22N2. The molecule has 2 nitrogen and oxygen atoms in total. The lowest BCUT2D eigenvalue weighted by Crippen LogP contribution is -2.20. The Bertz CT molecular complexity index is 300. The Morgan fingerprint density at radius 3 is 2.67 bits per heavy atom. The maximum Gasteiger partial charge on any atom is 0.0417 e. The molecule has 0 aliphatic heterocycles. The normalized spacial score (nSPS) is 11.7. The molecule has 0 spiro atoms. The molecule has 1 aromatic heterocycles. The van der Waals surface area contributed by atoms with Crippen molar-refractivity contribution < 1.29 is 0 Å². The van der Waals surface area contributed by atoms with Crippen LogP contribution < -0.4 is 5.32 Å². The average molecular weight is 206 g/mol. The van der Waals surface area contributed by atoms with Crippen LogP contribution in [0.1, 0.15) is 38.4 Å². The highest BCUT2D eigenvalue weighted by molar-refractivity contribution is 5.17. The summed E-state index contributed by atoms with van der Waals surface area (Å²) in [6.07, 6.45) is 3.04. The highest BCUT2D eigenvalue weighted by Gasteiger charge is 2.08. The van der Waals surface area contributed by atoms with Gasteiger partial charge in [-0.1, -0.05) is 26.8 Å². The molecule has 1 N–H and O–H groups in total. The summed E-state index contributed by atoms with van der Waals surface area (Å²) in [5.41, 5.74) is 2.84. The lowest BCUT2D eigenvalue weighted by molar-refractivity contribution is 0.366. The van der Waals surface area contributed by atoms with Crippen molar-refractivity contribution >= 4 is 0 Å². The lowest BCUT2D eigenvalue weighted by atomic mass is 9.92. The van der Waals surface area contributed by atoms with Gasteiger partial charge >= 0.3 is 0 Å². The maximum atomic E-state index is 4.27. The predicted octanol–water partition coefficient (Wildman–Crippen LogP) is 2.92. The first kappa shape index (κ1) is 12.2. The topological polar surface area (TPSA) is 24.9 Å². The predicted molar refractivity (Wildman–Crippen MR) is 64.8 cm³/mol. The summed E-state index contributed by atoms with van der Waals surface area (Å²) in [5, 5.41) is 3.46. The molecule has 0 aromatic carbocycles. The molecule has 2 heteroatoms. The van der Waals surface area contributed by atoms with Gasteiger partial charge in [-0.05, 0) is 36.9 Å². The first-order valence-electron chi connectivity index (χ1n) is 5.60. The fraction of sp³-hybridized carbons (Fsp3) is 0.615. The van der Waals surface area contributed by atoms with Crippen molar-refractivity contribution in [1.29, 1.82) is 0 Å². The number of pyridine rings is 1. The van der Waals surface area contributed by atoms with E-state index in [-0.39, 0.29) is 0 Å². The van der Waals surface area contributed by atoms with Gasteiger partial charge in [-0.15, -0.1) is 0 Å². The molecule has 1 rings (SSSR count). The standard InChI is InChI=1S/C13H22N2/c1-11-12(6-5-8-15-11)10-14-9-7-13(2,3)4/h5-6,8,14H,7,9-10H2,1-4H3. The highest BCUT2D eigenvalue weighted by atomic mass is 14.9. The first-order chi connectivity index (χ1) is 6.99. The first-order valence-corrected chi connectivity index (χ1v) is 5.60. The SMILES string of the molecule is Cc1ncccc1CNCCC(C)(C)C. The third-order valence-corrected chi connectivity index (χ3v) is 2.48. The molecule has 84 valence electrons. The van der Waals surface area contributed by atoms with Crippen LogP contribution in [0.5, 0.6) is 0 Å². The highest BCUT2D eigenvalue weighted by Crippen LogP contribution is 2.17. The van der Waals surface area contributed by atoms with Gasteiger partial charge in [0.05, 0.1) is 0 Å². The van der Waals surface area contributed by atoms with Crippen LogP contribution in [0.25, 0.3) is 0 Å². The van der Waals surface area contributed by atoms with Crippen LogP contribution in [-0.2, 0) is 6.54 Å². The van der Waals surface area contributed by atoms with Crippen LogP contribution in [0.3, 0.4) is 0 Å². The molecule has 0 unspecified atom stereocenters. The molecule has 15 heavy (non-hydrogen) atoms. The van der Waals surface area contributed by atoms with Gasteiger partial charge in [0, 0.05) is 18.4 Å². The van der Waals surface area contributed by atoms with E-state index in [4.69, 9.17) is 0 Å². The Morgan fingerprint density at radius 2 is 2.07 bits per heavy atom. The third-order valence-electron chi connectivity index (χ3n) is 2.48. The van der Waals surface area contributed by atoms with E-state index in [0.717, 1.165) is 18.8 Å². The van der Waals surface area contributed by atoms with Crippen molar-refractivity contribution in [3.05, 3.63) is 29.6 Å². The Hall–Kier alpha value is -0.890. The van der Waals surface area contributed by atoms with Gasteiger partial charge < -0.3 is 5.32 Å². The second kappa shape index (κ2) is 5.26. The minimum Gasteiger partial charge on any atom is -0.313 e. The molecule has 0 amide bonds. The number of aryl methyl sites for hydroxylation is 1. The molecule has 0 aliphatic rings. The Morgan fingerprint density at radius 1 is 1.33 bits per heavy atom. The van der Waals surface area contributed by atoms with Gasteiger partial charge in [0.15, 0.2) is 0 Å². The summed E-state index contributed by atoms with van der Waals surface area (Å²) in [6, 6.07) is 4.13. The smallest absolute Gasteiger partial charge is 0.0417 e. The van der Waals surface area contributed by atoms with Crippen LogP contribution in [0.2, 0.25) is 0 Å². The molecule has 0 aliphatic carbocycles. The van der Waals surface area contributed by atoms with E-state index in [1.54, 1.807) is 0 Å². The summed E-state index contributed by atoms with van der Waals surface area (Å²) in [6.45, 7) is 10.9. The van der Waals surface area contributed by atoms with Crippen molar-refractivity contribution in [1.82, 2.24) is 10.3 Å². The third kappa shape index (κ3) is 4.93. The summed E-state index contributed by atoms with van der Waals surface area (Å²) in [7, 11) is 0. The fourth-order valence-electron chi connectivity index (χ4n) is 1.39. The fourth-order valence-corrected chi connectivity index (χ4v) is 1.39. The van der Waals surface area contributed by atoms with Crippen LogP contribution in [0, 0.1) is 12.3 Å². The van der Waals surface area contributed by atoms with Crippen molar-refractivity contribution in [3.63, 3.8) is 0 Å². The Balaban J connectivity index is 2.30. The number of hydrogen-bond acceptors (Lipinski definition) is 2. The van der Waals surface area contributed by atoms with Crippen molar-refractivity contribution in [2.45, 2.75) is 40.7 Å². The van der Waals surface area contributed by atoms with Crippen molar-refractivity contribution in [2.75, 3.05) is 6.54 Å². The van der Waals surface area contributed by atoms with Crippen LogP contribution in [-0.4, -0.2) is 11.5 Å². The van der Waals surface area contributed by atoms with Gasteiger partial charge in [-0.3, -0.25) is 4.98 Å². The largest absolute Gasteiger partial charge is 0.313 e. The van der Waals surface area contributed by atoms with E-state index < -0.39 is 0 Å². The lowest BCUT2D eigenvalue weighted by Gasteiger charge is -2.18. The molecule has 1 aromatic rings. The quantitative estimate of drug-likeness (QED) is 0.766. The van der Waals surface area contributed by atoms with E-state index in [1.165, 1.54) is 12.0 Å². The van der Waals surface area contributed by atoms with Gasteiger partial charge in [-0.25, -0.2) is 0 Å². The number of nitrogens with one attached hydrogen (secondary N) is 1. The zero-order valence-corrected chi connectivity index (χ0v) is 10.3. The summed E-state index contributed by atoms with van der Waals surface area (Å²) < 4.78 is 0. The number of rotatable bonds is 4. The number of nitrogens with zero attached hydrogens (tertiary/aromatic N) is 1. The number of hydrogen-bond donors (Lipinski definition) is 1. The molecule has 0 radical (unpaired) electrons. The zero-order chi connectivity index (χ0) is 11.3. The van der Waals surface area contributed by atoms with Gasteiger partial charge in [0.1, 0.15) is 0 Å². The minimum atomic E-state index is 0.414. The molecule has 0 fully saturated rings. The molecular weight excluding hydrogens is 184 g/mol. The molecule has 0 saturated carbocycles. The summed E-state index contributed by atoms with van der Waals surface area (Å²) >= 11 is 0. The van der Waals surface area contributed by atoms with Crippen molar-refractivity contribution in [2.24, 2.45) is 5.41 Å². The second-order valence-electron chi connectivity index (χ2n) is 5.24. The van der Waals surface area contributed by atoms with Crippen LogP contribution in [0.15, 0.2) is 18.3 Å². The van der Waals surface area contributed by atoms with Gasteiger partial charge in [0.2, 0.25) is 0 Å². The zero-order valence-electron chi connectivity index (χ0n) is 10.3. The monoisotopic (exact) mass is 206 g/mol. The van der Waals surface area contributed by atoms with Gasteiger partial charge in [0.25, 0.3) is 0 Å². The van der Waals surface area contributed by atoms with E-state index >= 15 is 0 Å². The molecule has 1 heterocycles. The molecule has 0 bridgehead atoms. The Labute approximate surface area is 93.1 Å². The Kier molecular flexibility index (Phi) is 4.28. The van der Waals surface area contributed by atoms with Crippen molar-refractivity contribution in [3.8, 4) is 0 Å². The van der Waals surface area contributed by atoms with Crippen LogP contribution >= 0.6 is 0 Å². The van der Waals surface area contributed by atoms with E-state index in [1.807, 2.05) is 12.3 Å². The summed E-state index contributed by atoms with van der Waals surface area (Å²) in [5.74, 6) is 0. The maximum absolute atomic E-state index is 4.27. The second-order valence-corrected chi connectivity index (χ2v) is 5.24. The average Bonchev–Trinajstić information content (AvgIpc) is 2.13. The van der Waals surface area contributed by atoms with E-state index in [0.29, 0.717) is 5.41 Å². The number of aromatic nitrogens is 1.